The molecule has 0 radical (unpaired) electrons. The maximum Gasteiger partial charge on any atom is 0.336 e. The van der Waals surface area contributed by atoms with Gasteiger partial charge in [0.05, 0.1) is 22.0 Å². The molecule has 0 bridgehead atoms. The van der Waals surface area contributed by atoms with Gasteiger partial charge in [-0.3, -0.25) is 20.2 Å². The Morgan fingerprint density at radius 1 is 1.04 bits per heavy atom. The molecule has 0 atom stereocenters. The van der Waals surface area contributed by atoms with Gasteiger partial charge in [-0.15, -0.1) is 0 Å². The lowest BCUT2D eigenvalue weighted by molar-refractivity contribution is -0.396. The van der Waals surface area contributed by atoms with Crippen molar-refractivity contribution in [2.45, 2.75) is 25.7 Å². The van der Waals surface area contributed by atoms with Crippen molar-refractivity contribution in [2.24, 2.45) is 0 Å². The van der Waals surface area contributed by atoms with Crippen LogP contribution in [0.25, 0.3) is 0 Å². The van der Waals surface area contributed by atoms with Gasteiger partial charge < -0.3 is 14.9 Å². The number of carbonyl (C=O) groups is 1. The highest BCUT2D eigenvalue weighted by molar-refractivity contribution is 5.90. The van der Waals surface area contributed by atoms with E-state index in [2.05, 4.69) is 0 Å². The fourth-order valence-electron chi connectivity index (χ4n) is 1.88. The lowest BCUT2D eigenvalue weighted by atomic mass is 10.1. The number of hydrogen-bond donors (Lipinski definition) is 2. The van der Waals surface area contributed by atoms with E-state index in [1.807, 2.05) is 0 Å². The Bertz CT molecular complexity index is 567. The second kappa shape index (κ2) is 8.63. The molecular weight excluding hydrogens is 312 g/mol. The highest BCUT2D eigenvalue weighted by Gasteiger charge is 2.30. The molecule has 0 aliphatic heterocycles. The van der Waals surface area contributed by atoms with E-state index in [-0.39, 0.29) is 13.2 Å². The van der Waals surface area contributed by atoms with Crippen LogP contribution in [-0.4, -0.2) is 39.2 Å². The topological polar surface area (TPSA) is 153 Å². The molecule has 0 spiro atoms. The minimum absolute atomic E-state index is 0.0134. The molecule has 0 saturated carbocycles. The molecule has 0 fully saturated rings. The van der Waals surface area contributed by atoms with Crippen molar-refractivity contribution in [3.63, 3.8) is 0 Å². The Balaban J connectivity index is 3.00. The molecule has 0 amide bonds. The molecule has 23 heavy (non-hydrogen) atoms. The van der Waals surface area contributed by atoms with Gasteiger partial charge >= 0.3 is 17.3 Å². The SMILES string of the molecule is O=C(O)c1cc([N+](=O)[O-])c(OCCCCCCO)c([N+](=O)[O-])c1. The summed E-state index contributed by atoms with van der Waals surface area (Å²) >= 11 is 0. The zero-order chi connectivity index (χ0) is 17.4. The van der Waals surface area contributed by atoms with Crippen LogP contribution in [0.4, 0.5) is 11.4 Å². The van der Waals surface area contributed by atoms with Crippen molar-refractivity contribution in [3.8, 4) is 5.75 Å². The Kier molecular flexibility index (Phi) is 6.87. The van der Waals surface area contributed by atoms with Crippen molar-refractivity contribution < 1.29 is 29.6 Å². The summed E-state index contributed by atoms with van der Waals surface area (Å²) in [6.45, 7) is 0.0774. The van der Waals surface area contributed by atoms with Crippen LogP contribution >= 0.6 is 0 Å². The maximum atomic E-state index is 11.0. The number of aromatic carboxylic acids is 1. The van der Waals surface area contributed by atoms with E-state index in [1.165, 1.54) is 0 Å². The van der Waals surface area contributed by atoms with E-state index in [0.29, 0.717) is 19.3 Å². The first-order chi connectivity index (χ1) is 10.9. The van der Waals surface area contributed by atoms with Gasteiger partial charge in [0, 0.05) is 18.7 Å². The van der Waals surface area contributed by atoms with Crippen molar-refractivity contribution in [2.75, 3.05) is 13.2 Å². The lowest BCUT2D eigenvalue weighted by Crippen LogP contribution is -2.07. The summed E-state index contributed by atoms with van der Waals surface area (Å²) in [6, 6.07) is 1.47. The number of benzene rings is 1. The van der Waals surface area contributed by atoms with Gasteiger partial charge in [0.2, 0.25) is 0 Å². The van der Waals surface area contributed by atoms with Crippen LogP contribution in [0.15, 0.2) is 12.1 Å². The summed E-state index contributed by atoms with van der Waals surface area (Å²) in [7, 11) is 0. The smallest absolute Gasteiger partial charge is 0.336 e. The third kappa shape index (κ3) is 5.18. The zero-order valence-electron chi connectivity index (χ0n) is 12.1. The fraction of sp³-hybridized carbons (Fsp3) is 0.462. The Hall–Kier alpha value is -2.75. The molecule has 1 rings (SSSR count). The summed E-state index contributed by atoms with van der Waals surface area (Å²) in [5.41, 5.74) is -2.07. The standard InChI is InChI=1S/C13H16N2O8/c16-5-3-1-2-4-6-23-12-10(14(19)20)7-9(13(17)18)8-11(12)15(21)22/h7-8,16H,1-6H2,(H,17,18). The van der Waals surface area contributed by atoms with Crippen molar-refractivity contribution in [3.05, 3.63) is 37.9 Å². The first kappa shape index (κ1) is 18.3. The van der Waals surface area contributed by atoms with Gasteiger partial charge in [0.15, 0.2) is 0 Å². The van der Waals surface area contributed by atoms with E-state index in [4.69, 9.17) is 14.9 Å². The molecule has 1 aromatic carbocycles. The molecule has 0 saturated heterocycles. The Morgan fingerprint density at radius 2 is 1.57 bits per heavy atom. The van der Waals surface area contributed by atoms with Gasteiger partial charge in [0.25, 0.3) is 5.75 Å². The summed E-state index contributed by atoms with van der Waals surface area (Å²) < 4.78 is 5.17. The first-order valence-corrected chi connectivity index (χ1v) is 6.82. The van der Waals surface area contributed by atoms with Crippen molar-refractivity contribution >= 4 is 17.3 Å². The molecule has 0 aromatic heterocycles. The van der Waals surface area contributed by atoms with Gasteiger partial charge in [-0.05, 0) is 19.3 Å². The van der Waals surface area contributed by atoms with E-state index in [0.717, 1.165) is 18.6 Å². The highest BCUT2D eigenvalue weighted by atomic mass is 16.6. The number of unbranched alkanes of at least 4 members (excludes halogenated alkanes) is 3. The van der Waals surface area contributed by atoms with Gasteiger partial charge in [0.1, 0.15) is 0 Å². The number of nitro groups is 2. The predicted octanol–water partition coefficient (Wildman–Crippen LogP) is 2.13. The van der Waals surface area contributed by atoms with Crippen LogP contribution < -0.4 is 4.74 Å². The molecule has 10 heteroatoms. The minimum atomic E-state index is -1.51. The molecule has 0 unspecified atom stereocenters. The number of aliphatic hydroxyl groups excluding tert-OH is 1. The summed E-state index contributed by atoms with van der Waals surface area (Å²) in [4.78, 5) is 31.1. The number of ether oxygens (including phenoxy) is 1. The average molecular weight is 328 g/mol. The molecule has 1 aromatic rings. The number of nitro benzene ring substituents is 2. The van der Waals surface area contributed by atoms with Gasteiger partial charge in [-0.2, -0.15) is 0 Å². The van der Waals surface area contributed by atoms with Crippen LogP contribution in [0.1, 0.15) is 36.0 Å². The summed E-state index contributed by atoms with van der Waals surface area (Å²) in [6.07, 6.45) is 2.54. The number of hydrogen-bond acceptors (Lipinski definition) is 7. The second-order valence-electron chi connectivity index (χ2n) is 4.65. The Labute approximate surface area is 130 Å². The zero-order valence-corrected chi connectivity index (χ0v) is 12.1. The molecular formula is C13H16N2O8. The lowest BCUT2D eigenvalue weighted by Gasteiger charge is -2.08. The van der Waals surface area contributed by atoms with E-state index in [1.54, 1.807) is 0 Å². The number of nitrogens with zero attached hydrogens (tertiary/aromatic N) is 2. The molecule has 126 valence electrons. The van der Waals surface area contributed by atoms with Crippen LogP contribution in [0, 0.1) is 20.2 Å². The Morgan fingerprint density at radius 3 is 2.00 bits per heavy atom. The second-order valence-corrected chi connectivity index (χ2v) is 4.65. The van der Waals surface area contributed by atoms with Crippen LogP contribution in [-0.2, 0) is 0 Å². The van der Waals surface area contributed by atoms with Crippen LogP contribution in [0.5, 0.6) is 5.75 Å². The molecule has 10 nitrogen and oxygen atoms in total. The van der Waals surface area contributed by atoms with E-state index in [9.17, 15) is 25.0 Å². The summed E-state index contributed by atoms with van der Waals surface area (Å²) in [5, 5.41) is 39.6. The average Bonchev–Trinajstić information content (AvgIpc) is 2.49. The third-order valence-corrected chi connectivity index (χ3v) is 2.99. The van der Waals surface area contributed by atoms with E-state index >= 15 is 0 Å². The number of rotatable bonds is 10. The number of aliphatic hydroxyl groups is 1. The largest absolute Gasteiger partial charge is 0.482 e. The van der Waals surface area contributed by atoms with Gasteiger partial charge in [-0.25, -0.2) is 4.79 Å². The monoisotopic (exact) mass is 328 g/mol. The first-order valence-electron chi connectivity index (χ1n) is 6.82. The van der Waals surface area contributed by atoms with Crippen molar-refractivity contribution in [1.82, 2.24) is 0 Å². The molecule has 0 heterocycles. The third-order valence-electron chi connectivity index (χ3n) is 2.99. The highest BCUT2D eigenvalue weighted by Crippen LogP contribution is 2.38. The van der Waals surface area contributed by atoms with E-state index < -0.39 is 38.5 Å². The molecule has 0 aliphatic rings. The maximum absolute atomic E-state index is 11.0. The van der Waals surface area contributed by atoms with Gasteiger partial charge in [-0.1, -0.05) is 6.42 Å². The molecule has 0 aliphatic carbocycles. The van der Waals surface area contributed by atoms with Crippen LogP contribution in [0.2, 0.25) is 0 Å². The van der Waals surface area contributed by atoms with Crippen molar-refractivity contribution in [1.29, 1.82) is 0 Å². The fourth-order valence-corrected chi connectivity index (χ4v) is 1.88. The molecule has 2 N–H and O–H groups in total. The minimum Gasteiger partial charge on any atom is -0.482 e. The number of carboxylic acids is 1. The summed E-state index contributed by atoms with van der Waals surface area (Å²) in [5.74, 6) is -2.06. The quantitative estimate of drug-likeness (QED) is 0.376. The normalized spacial score (nSPS) is 10.3. The predicted molar refractivity (Wildman–Crippen MR) is 77.8 cm³/mol. The van der Waals surface area contributed by atoms with Crippen LogP contribution in [0.3, 0.4) is 0 Å². The number of carboxylic acid groups (broad SMARTS) is 1.